The van der Waals surface area contributed by atoms with Crippen molar-refractivity contribution < 1.29 is 9.53 Å². The number of halogens is 1. The number of carbonyl (C=O) groups is 1. The summed E-state index contributed by atoms with van der Waals surface area (Å²) in [5.41, 5.74) is 1.02. The second-order valence-corrected chi connectivity index (χ2v) is 6.96. The minimum absolute atomic E-state index is 0. The van der Waals surface area contributed by atoms with E-state index in [1.165, 1.54) is 0 Å². The summed E-state index contributed by atoms with van der Waals surface area (Å²) in [5, 5.41) is 6.21. The molecule has 0 radical (unpaired) electrons. The summed E-state index contributed by atoms with van der Waals surface area (Å²) >= 11 is 0. The van der Waals surface area contributed by atoms with Crippen molar-refractivity contribution in [3.05, 3.63) is 54.2 Å². The third-order valence-electron chi connectivity index (χ3n) is 4.91. The first-order chi connectivity index (χ1) is 14.7. The zero-order valence-electron chi connectivity index (χ0n) is 18.1. The fourth-order valence-corrected chi connectivity index (χ4v) is 3.26. The van der Waals surface area contributed by atoms with Gasteiger partial charge in [-0.1, -0.05) is 18.2 Å². The summed E-state index contributed by atoms with van der Waals surface area (Å²) in [5.74, 6) is 2.47. The molecule has 1 aromatic heterocycles. The summed E-state index contributed by atoms with van der Waals surface area (Å²) in [4.78, 5) is 25.7. The van der Waals surface area contributed by atoms with Crippen molar-refractivity contribution in [2.75, 3.05) is 51.3 Å². The van der Waals surface area contributed by atoms with E-state index in [1.807, 2.05) is 55.6 Å². The van der Waals surface area contributed by atoms with Crippen LogP contribution in [0, 0.1) is 0 Å². The number of pyridine rings is 1. The van der Waals surface area contributed by atoms with Crippen LogP contribution in [-0.2, 0) is 11.3 Å². The van der Waals surface area contributed by atoms with Gasteiger partial charge in [-0.15, -0.1) is 24.0 Å². The zero-order chi connectivity index (χ0) is 21.2. The molecule has 1 fully saturated rings. The van der Waals surface area contributed by atoms with Crippen LogP contribution in [0.1, 0.15) is 12.5 Å². The number of amides is 1. The van der Waals surface area contributed by atoms with Gasteiger partial charge in [0.15, 0.2) is 5.96 Å². The summed E-state index contributed by atoms with van der Waals surface area (Å²) in [6.45, 7) is 6.74. The average molecular weight is 538 g/mol. The Morgan fingerprint density at radius 3 is 2.45 bits per heavy atom. The van der Waals surface area contributed by atoms with Crippen molar-refractivity contribution in [1.29, 1.82) is 0 Å². The number of piperazine rings is 1. The fourth-order valence-electron chi connectivity index (χ4n) is 3.26. The Kier molecular flexibility index (Phi) is 10.3. The van der Waals surface area contributed by atoms with Gasteiger partial charge in [-0.2, -0.15) is 0 Å². The Hall–Kier alpha value is -2.56. The molecule has 0 aliphatic carbocycles. The first-order valence-electron chi connectivity index (χ1n) is 10.3. The largest absolute Gasteiger partial charge is 0.497 e. The molecule has 2 N–H and O–H groups in total. The lowest BCUT2D eigenvalue weighted by Gasteiger charge is -2.37. The molecule has 8 nitrogen and oxygen atoms in total. The normalized spacial score (nSPS) is 13.9. The molecule has 1 aromatic carbocycles. The highest BCUT2D eigenvalue weighted by molar-refractivity contribution is 14.0. The number of carbonyl (C=O) groups excluding carboxylic acids is 1. The van der Waals surface area contributed by atoms with Gasteiger partial charge in [0.05, 0.1) is 7.11 Å². The number of nitrogens with zero attached hydrogens (tertiary/aromatic N) is 4. The van der Waals surface area contributed by atoms with Crippen LogP contribution < -0.4 is 20.3 Å². The van der Waals surface area contributed by atoms with Gasteiger partial charge in [0.2, 0.25) is 5.91 Å². The standard InChI is InChI=1S/C22H30N6O2.HI/c1-3-23-22(28-14-12-27(13-15-28)20-6-4-5-11-24-20)26-17-21(29)25-16-18-7-9-19(30-2)10-8-18;/h4-11H,3,12-17H2,1-2H3,(H,23,26)(H,25,29);1H. The smallest absolute Gasteiger partial charge is 0.242 e. The molecule has 0 saturated carbocycles. The number of benzene rings is 1. The number of hydrogen-bond donors (Lipinski definition) is 2. The second-order valence-electron chi connectivity index (χ2n) is 6.96. The minimum Gasteiger partial charge on any atom is -0.497 e. The molecule has 0 atom stereocenters. The SMILES string of the molecule is CCNC(=NCC(=O)NCc1ccc(OC)cc1)N1CCN(c2ccccn2)CC1.I. The van der Waals surface area contributed by atoms with Crippen LogP contribution in [0.25, 0.3) is 0 Å². The molecule has 1 amide bonds. The van der Waals surface area contributed by atoms with E-state index >= 15 is 0 Å². The highest BCUT2D eigenvalue weighted by Gasteiger charge is 2.20. The molecule has 1 saturated heterocycles. The van der Waals surface area contributed by atoms with Crippen LogP contribution in [0.4, 0.5) is 5.82 Å². The number of nitrogens with one attached hydrogen (secondary N) is 2. The molecule has 0 spiro atoms. The minimum atomic E-state index is -0.103. The van der Waals surface area contributed by atoms with Crippen LogP contribution in [0.2, 0.25) is 0 Å². The van der Waals surface area contributed by atoms with Crippen LogP contribution in [0.3, 0.4) is 0 Å². The molecule has 3 rings (SSSR count). The highest BCUT2D eigenvalue weighted by Crippen LogP contribution is 2.13. The first-order valence-corrected chi connectivity index (χ1v) is 10.3. The molecule has 0 unspecified atom stereocenters. The van der Waals surface area contributed by atoms with Gasteiger partial charge in [0, 0.05) is 45.5 Å². The molecular weight excluding hydrogens is 507 g/mol. The lowest BCUT2D eigenvalue weighted by Crippen LogP contribution is -2.53. The van der Waals surface area contributed by atoms with E-state index in [-0.39, 0.29) is 36.4 Å². The molecule has 1 aliphatic heterocycles. The van der Waals surface area contributed by atoms with E-state index in [0.29, 0.717) is 6.54 Å². The van der Waals surface area contributed by atoms with E-state index in [4.69, 9.17) is 4.74 Å². The summed E-state index contributed by atoms with van der Waals surface area (Å²) < 4.78 is 5.15. The van der Waals surface area contributed by atoms with Gasteiger partial charge in [-0.3, -0.25) is 4.79 Å². The fraction of sp³-hybridized carbons (Fsp3) is 0.409. The number of hydrogen-bond acceptors (Lipinski definition) is 5. The van der Waals surface area contributed by atoms with Crippen molar-refractivity contribution >= 4 is 41.7 Å². The van der Waals surface area contributed by atoms with Crippen molar-refractivity contribution in [2.24, 2.45) is 4.99 Å². The van der Waals surface area contributed by atoms with Gasteiger partial charge in [-0.25, -0.2) is 9.98 Å². The van der Waals surface area contributed by atoms with E-state index in [2.05, 4.69) is 30.4 Å². The van der Waals surface area contributed by atoms with E-state index in [0.717, 1.165) is 55.8 Å². The quantitative estimate of drug-likeness (QED) is 0.320. The van der Waals surface area contributed by atoms with Crippen LogP contribution in [0.5, 0.6) is 5.75 Å². The van der Waals surface area contributed by atoms with E-state index in [1.54, 1.807) is 7.11 Å². The monoisotopic (exact) mass is 538 g/mol. The van der Waals surface area contributed by atoms with Crippen LogP contribution in [-0.4, -0.2) is 68.1 Å². The van der Waals surface area contributed by atoms with Crippen molar-refractivity contribution in [3.8, 4) is 5.75 Å². The molecule has 31 heavy (non-hydrogen) atoms. The lowest BCUT2D eigenvalue weighted by atomic mass is 10.2. The van der Waals surface area contributed by atoms with Gasteiger partial charge in [0.25, 0.3) is 0 Å². The third kappa shape index (κ3) is 7.57. The molecule has 1 aliphatic rings. The Labute approximate surface area is 201 Å². The molecule has 168 valence electrons. The number of anilines is 1. The predicted molar refractivity (Wildman–Crippen MR) is 134 cm³/mol. The van der Waals surface area contributed by atoms with Gasteiger partial charge >= 0.3 is 0 Å². The molecule has 9 heteroatoms. The summed E-state index contributed by atoms with van der Waals surface area (Å²) in [6.07, 6.45) is 1.82. The van der Waals surface area contributed by atoms with Crippen molar-refractivity contribution in [2.45, 2.75) is 13.5 Å². The van der Waals surface area contributed by atoms with Gasteiger partial charge in [-0.05, 0) is 36.8 Å². The molecule has 2 aromatic rings. The second kappa shape index (κ2) is 13.0. The number of ether oxygens (including phenoxy) is 1. The average Bonchev–Trinajstić information content (AvgIpc) is 2.81. The number of aromatic nitrogens is 1. The maximum Gasteiger partial charge on any atom is 0.242 e. The van der Waals surface area contributed by atoms with E-state index in [9.17, 15) is 4.79 Å². The predicted octanol–water partition coefficient (Wildman–Crippen LogP) is 2.11. The number of methoxy groups -OCH3 is 1. The number of aliphatic imine (C=N–C) groups is 1. The Morgan fingerprint density at radius 1 is 1.10 bits per heavy atom. The van der Waals surface area contributed by atoms with Gasteiger partial charge in [0.1, 0.15) is 18.1 Å². The highest BCUT2D eigenvalue weighted by atomic mass is 127. The van der Waals surface area contributed by atoms with E-state index < -0.39 is 0 Å². The first kappa shape index (κ1) is 24.7. The molecular formula is C22H31IN6O2. The third-order valence-corrected chi connectivity index (χ3v) is 4.91. The number of rotatable bonds is 7. The maximum absolute atomic E-state index is 12.3. The van der Waals surface area contributed by atoms with Crippen LogP contribution in [0.15, 0.2) is 53.7 Å². The Bertz CT molecular complexity index is 824. The summed E-state index contributed by atoms with van der Waals surface area (Å²) in [7, 11) is 1.63. The molecule has 2 heterocycles. The lowest BCUT2D eigenvalue weighted by molar-refractivity contribution is -0.119. The zero-order valence-corrected chi connectivity index (χ0v) is 20.4. The Balaban J connectivity index is 0.00000341. The van der Waals surface area contributed by atoms with Gasteiger partial charge < -0.3 is 25.2 Å². The maximum atomic E-state index is 12.3. The topological polar surface area (TPSA) is 82.1 Å². The van der Waals surface area contributed by atoms with Crippen molar-refractivity contribution in [3.63, 3.8) is 0 Å². The van der Waals surface area contributed by atoms with Crippen molar-refractivity contribution in [1.82, 2.24) is 20.5 Å². The summed E-state index contributed by atoms with van der Waals surface area (Å²) in [6, 6.07) is 13.6. The van der Waals surface area contributed by atoms with Crippen LogP contribution >= 0.6 is 24.0 Å². The number of guanidine groups is 1. The Morgan fingerprint density at radius 2 is 1.84 bits per heavy atom. The molecule has 0 bridgehead atoms.